The van der Waals surface area contributed by atoms with Crippen LogP contribution in [0.3, 0.4) is 0 Å². The van der Waals surface area contributed by atoms with E-state index in [1.807, 2.05) is 0 Å². The van der Waals surface area contributed by atoms with Gasteiger partial charge in [0, 0.05) is 0 Å². The smallest absolute Gasteiger partial charge is 0.427 e. The predicted molar refractivity (Wildman–Crippen MR) is 9.37 cm³/mol. The number of hydrogen-bond donors (Lipinski definition) is 0. The molecule has 0 atom stereocenters. The van der Waals surface area contributed by atoms with E-state index in [-0.39, 0.29) is 51.0 Å². The second-order valence-corrected chi connectivity index (χ2v) is 2.54. The van der Waals surface area contributed by atoms with Crippen molar-refractivity contribution in [2.75, 3.05) is 0 Å². The molecule has 0 heterocycles. The summed E-state index contributed by atoms with van der Waals surface area (Å²) in [6.45, 7) is 0. The van der Waals surface area contributed by atoms with Gasteiger partial charge in [-0.1, -0.05) is 0 Å². The van der Waals surface area contributed by atoms with Crippen LogP contribution in [0.4, 0.5) is 0 Å². The molecule has 0 amide bonds. The Kier molecular flexibility index (Phi) is 40.5. The Hall–Kier alpha value is 2.66. The standard InChI is InChI=1S/2IO3.H2O.Sr/c2*2-1(3)4;;/h;;1H2;/q2*-1;;+2. The van der Waals surface area contributed by atoms with E-state index in [1.165, 1.54) is 0 Å². The zero-order chi connectivity index (χ0) is 7.15. The van der Waals surface area contributed by atoms with Crippen LogP contribution in [0.25, 0.3) is 0 Å². The second-order valence-electron chi connectivity index (χ2n) is 0.378. The average molecular weight is 455 g/mol. The summed E-state index contributed by atoms with van der Waals surface area (Å²) in [5.74, 6) is 0. The molecule has 2 N–H and O–H groups in total. The van der Waals surface area contributed by atoms with Crippen molar-refractivity contribution in [3.8, 4) is 0 Å². The second kappa shape index (κ2) is 17.7. The first-order valence-corrected chi connectivity index (χ1v) is 6.21. The Morgan fingerprint density at radius 3 is 0.600 bits per heavy atom. The van der Waals surface area contributed by atoms with Crippen LogP contribution < -0.4 is 62.7 Å². The molecule has 10 heavy (non-hydrogen) atoms. The van der Waals surface area contributed by atoms with Crippen LogP contribution in [-0.2, 0) is 0 Å². The first kappa shape index (κ1) is 23.0. The van der Waals surface area contributed by atoms with Crippen LogP contribution in [0.2, 0.25) is 0 Å². The molecule has 0 radical (unpaired) electrons. The largest absolute Gasteiger partial charge is 2.00 e. The minimum Gasteiger partial charge on any atom is -0.427 e. The molecule has 0 aliphatic carbocycles. The quantitative estimate of drug-likeness (QED) is 0.259. The maximum atomic E-state index is 8.57. The number of hydrogen-bond acceptors (Lipinski definition) is 6. The third-order valence-electron chi connectivity index (χ3n) is 0. The van der Waals surface area contributed by atoms with E-state index >= 15 is 0 Å². The van der Waals surface area contributed by atoms with Crippen molar-refractivity contribution in [1.29, 1.82) is 0 Å². The van der Waals surface area contributed by atoms with Crippen LogP contribution in [0.15, 0.2) is 0 Å². The molecule has 0 aliphatic rings. The summed E-state index contributed by atoms with van der Waals surface area (Å²) in [5, 5.41) is 0. The molecule has 0 saturated heterocycles. The van der Waals surface area contributed by atoms with Gasteiger partial charge < -0.3 is 26.1 Å². The molecule has 0 aromatic carbocycles. The zero-order valence-electron chi connectivity index (χ0n) is 4.41. The van der Waals surface area contributed by atoms with Crippen LogP contribution >= 0.6 is 0 Å². The van der Waals surface area contributed by atoms with Crippen molar-refractivity contribution in [2.45, 2.75) is 0 Å². The molecule has 0 fully saturated rings. The summed E-state index contributed by atoms with van der Waals surface area (Å²) in [6, 6.07) is 0. The predicted octanol–water partition coefficient (Wildman–Crippen LogP) is -14.3. The van der Waals surface area contributed by atoms with E-state index in [4.69, 9.17) is 20.6 Å². The first-order chi connectivity index (χ1) is 3.46. The van der Waals surface area contributed by atoms with Crippen LogP contribution in [0, 0.1) is 0 Å². The SMILES string of the molecule is O.[O-][I+2]([O-])[O-].[O-][I+2]([O-])[O-].[Sr+2]. The molecule has 60 valence electrons. The summed E-state index contributed by atoms with van der Waals surface area (Å²) < 4.78 is 51.4. The van der Waals surface area contributed by atoms with Gasteiger partial charge in [0.2, 0.25) is 0 Å². The molecule has 0 bridgehead atoms. The van der Waals surface area contributed by atoms with Gasteiger partial charge in [0.1, 0.15) is 0 Å². The summed E-state index contributed by atoms with van der Waals surface area (Å²) >= 11 is -8.03. The first-order valence-electron chi connectivity index (χ1n) is 0.926. The van der Waals surface area contributed by atoms with Gasteiger partial charge in [-0.25, -0.2) is 0 Å². The van der Waals surface area contributed by atoms with Crippen molar-refractivity contribution in [2.24, 2.45) is 0 Å². The molecule has 0 aromatic rings. The summed E-state index contributed by atoms with van der Waals surface area (Å²) in [6.07, 6.45) is 0. The van der Waals surface area contributed by atoms with E-state index in [1.54, 1.807) is 0 Å². The minimum absolute atomic E-state index is 0. The van der Waals surface area contributed by atoms with Crippen molar-refractivity contribution >= 4 is 45.5 Å². The molecule has 0 aromatic heterocycles. The summed E-state index contributed by atoms with van der Waals surface area (Å²) in [7, 11) is 0. The van der Waals surface area contributed by atoms with Crippen LogP contribution in [0.5, 0.6) is 0 Å². The molecule has 0 saturated carbocycles. The Labute approximate surface area is 111 Å². The Balaban J connectivity index is -0.0000000300. The van der Waals surface area contributed by atoms with E-state index in [0.717, 1.165) is 0 Å². The average Bonchev–Trinajstić information content (AvgIpc) is 1.25. The number of halogens is 2. The zero-order valence-corrected chi connectivity index (χ0v) is 12.2. The maximum absolute atomic E-state index is 8.57. The van der Waals surface area contributed by atoms with Crippen molar-refractivity contribution in [3.63, 3.8) is 0 Å². The molecule has 0 spiro atoms. The normalized spacial score (nSPS) is 7.20. The van der Waals surface area contributed by atoms with Crippen LogP contribution in [-0.4, -0.2) is 51.0 Å². The molecular weight excluding hydrogens is 453 g/mol. The van der Waals surface area contributed by atoms with E-state index in [0.29, 0.717) is 0 Å². The fourth-order valence-corrected chi connectivity index (χ4v) is 0. The van der Waals surface area contributed by atoms with Gasteiger partial charge in [0.25, 0.3) is 42.1 Å². The van der Waals surface area contributed by atoms with Gasteiger partial charge in [-0.2, -0.15) is 0 Å². The van der Waals surface area contributed by atoms with Gasteiger partial charge in [0.05, 0.1) is 0 Å². The Morgan fingerprint density at radius 1 is 0.600 bits per heavy atom. The number of rotatable bonds is 0. The summed E-state index contributed by atoms with van der Waals surface area (Å²) in [5.41, 5.74) is 0. The minimum atomic E-state index is -4.01. The fourth-order valence-electron chi connectivity index (χ4n) is 0. The van der Waals surface area contributed by atoms with Crippen molar-refractivity contribution in [3.05, 3.63) is 0 Å². The molecule has 10 heteroatoms. The Morgan fingerprint density at radius 2 is 0.600 bits per heavy atom. The Bertz CT molecular complexity index is 27.1. The van der Waals surface area contributed by atoms with Gasteiger partial charge in [-0.3, -0.25) is 0 Å². The topological polar surface area (TPSA) is 170 Å². The van der Waals surface area contributed by atoms with E-state index in [2.05, 4.69) is 0 Å². The van der Waals surface area contributed by atoms with Gasteiger partial charge in [-0.05, 0) is 0 Å². The van der Waals surface area contributed by atoms with Crippen molar-refractivity contribution in [1.82, 2.24) is 0 Å². The van der Waals surface area contributed by atoms with Gasteiger partial charge in [-0.15, -0.1) is 0 Å². The van der Waals surface area contributed by atoms with Crippen molar-refractivity contribution < 1.29 is 68.2 Å². The molecular formula is H2I2O7Sr. The third kappa shape index (κ3) is 141. The maximum Gasteiger partial charge on any atom is 2.00 e. The third-order valence-corrected chi connectivity index (χ3v) is 0. The molecule has 0 unspecified atom stereocenters. The van der Waals surface area contributed by atoms with Crippen LogP contribution in [0.1, 0.15) is 0 Å². The fraction of sp³-hybridized carbons (Fsp3) is 0. The van der Waals surface area contributed by atoms with E-state index < -0.39 is 42.1 Å². The molecule has 7 nitrogen and oxygen atoms in total. The summed E-state index contributed by atoms with van der Waals surface area (Å²) in [4.78, 5) is 0. The van der Waals surface area contributed by atoms with Gasteiger partial charge in [0.15, 0.2) is 0 Å². The monoisotopic (exact) mass is 456 g/mol. The van der Waals surface area contributed by atoms with Gasteiger partial charge >= 0.3 is 45.5 Å². The van der Waals surface area contributed by atoms with E-state index in [9.17, 15) is 0 Å². The molecule has 0 aliphatic heterocycles. The molecule has 0 rings (SSSR count).